The fourth-order valence-corrected chi connectivity index (χ4v) is 1.78. The van der Waals surface area contributed by atoms with Gasteiger partial charge in [-0.15, -0.1) is 10.2 Å². The predicted molar refractivity (Wildman–Crippen MR) is 71.9 cm³/mol. The summed E-state index contributed by atoms with van der Waals surface area (Å²) in [5, 5.41) is 12.0. The fraction of sp³-hybridized carbons (Fsp3) is 0.462. The van der Waals surface area contributed by atoms with Gasteiger partial charge in [-0.1, -0.05) is 6.07 Å². The first-order valence-corrected chi connectivity index (χ1v) is 6.27. The third-order valence-electron chi connectivity index (χ3n) is 2.97. The van der Waals surface area contributed by atoms with Crippen molar-refractivity contribution in [3.05, 3.63) is 34.6 Å². The number of tetrazole rings is 1. The zero-order valence-corrected chi connectivity index (χ0v) is 11.6. The summed E-state index contributed by atoms with van der Waals surface area (Å²) in [5.41, 5.74) is 9.00. The van der Waals surface area contributed by atoms with E-state index in [0.29, 0.717) is 25.5 Å². The lowest BCUT2D eigenvalue weighted by molar-refractivity contribution is 0.292. The lowest BCUT2D eigenvalue weighted by Gasteiger charge is -2.10. The number of rotatable bonds is 5. The quantitative estimate of drug-likeness (QED) is 0.873. The lowest BCUT2D eigenvalue weighted by atomic mass is 10.1. The van der Waals surface area contributed by atoms with Crippen LogP contribution in [0.1, 0.15) is 22.5 Å². The molecule has 0 aliphatic carbocycles. The van der Waals surface area contributed by atoms with E-state index in [1.54, 1.807) is 0 Å². The Balaban J connectivity index is 2.03. The standard InChI is InChI=1S/C13H19N5O/c1-9-6-11(3)12(7-10(9)2)19-8-13-15-17-18(16-13)5-4-14/h6-7H,4-5,8,14H2,1-3H3. The summed E-state index contributed by atoms with van der Waals surface area (Å²) in [6.07, 6.45) is 0. The third-order valence-corrected chi connectivity index (χ3v) is 2.97. The minimum atomic E-state index is 0.313. The molecule has 2 rings (SSSR count). The number of ether oxygens (including phenoxy) is 1. The maximum Gasteiger partial charge on any atom is 0.212 e. The second-order valence-electron chi connectivity index (χ2n) is 4.58. The Morgan fingerprint density at radius 3 is 2.63 bits per heavy atom. The van der Waals surface area contributed by atoms with E-state index >= 15 is 0 Å². The van der Waals surface area contributed by atoms with Crippen LogP contribution in [-0.2, 0) is 13.2 Å². The Morgan fingerprint density at radius 2 is 1.89 bits per heavy atom. The number of benzene rings is 1. The first-order chi connectivity index (χ1) is 9.10. The van der Waals surface area contributed by atoms with Gasteiger partial charge in [-0.05, 0) is 48.7 Å². The van der Waals surface area contributed by atoms with Crippen LogP contribution in [0.15, 0.2) is 12.1 Å². The Kier molecular flexibility index (Phi) is 4.11. The smallest absolute Gasteiger partial charge is 0.212 e. The first kappa shape index (κ1) is 13.5. The number of aromatic nitrogens is 4. The average molecular weight is 261 g/mol. The van der Waals surface area contributed by atoms with E-state index in [4.69, 9.17) is 10.5 Å². The molecule has 0 aliphatic rings. The molecular formula is C13H19N5O. The molecule has 102 valence electrons. The Labute approximate surface area is 112 Å². The molecule has 0 amide bonds. The fourth-order valence-electron chi connectivity index (χ4n) is 1.78. The lowest BCUT2D eigenvalue weighted by Crippen LogP contribution is -2.12. The molecule has 1 aromatic heterocycles. The second-order valence-corrected chi connectivity index (χ2v) is 4.58. The molecule has 0 radical (unpaired) electrons. The minimum Gasteiger partial charge on any atom is -0.485 e. The van der Waals surface area contributed by atoms with Crippen molar-refractivity contribution in [2.45, 2.75) is 33.9 Å². The average Bonchev–Trinajstić information content (AvgIpc) is 2.80. The highest BCUT2D eigenvalue weighted by Crippen LogP contribution is 2.22. The SMILES string of the molecule is Cc1cc(C)c(OCc2nnn(CCN)n2)cc1C. The third kappa shape index (κ3) is 3.29. The molecule has 2 N–H and O–H groups in total. The van der Waals surface area contributed by atoms with Crippen molar-refractivity contribution in [2.75, 3.05) is 6.54 Å². The molecule has 19 heavy (non-hydrogen) atoms. The predicted octanol–water partition coefficient (Wildman–Crippen LogP) is 1.14. The molecule has 0 bridgehead atoms. The number of hydrogen-bond acceptors (Lipinski definition) is 5. The number of aryl methyl sites for hydroxylation is 3. The van der Waals surface area contributed by atoms with Crippen molar-refractivity contribution in [1.29, 1.82) is 0 Å². The zero-order valence-electron chi connectivity index (χ0n) is 11.6. The zero-order chi connectivity index (χ0) is 13.8. The summed E-state index contributed by atoms with van der Waals surface area (Å²) >= 11 is 0. The minimum absolute atomic E-state index is 0.313. The van der Waals surface area contributed by atoms with Crippen LogP contribution >= 0.6 is 0 Å². The van der Waals surface area contributed by atoms with Crippen LogP contribution in [0.3, 0.4) is 0 Å². The van der Waals surface area contributed by atoms with Gasteiger partial charge >= 0.3 is 0 Å². The summed E-state index contributed by atoms with van der Waals surface area (Å²) in [5.74, 6) is 1.42. The molecule has 0 atom stereocenters. The van der Waals surface area contributed by atoms with E-state index < -0.39 is 0 Å². The molecule has 6 nitrogen and oxygen atoms in total. The highest BCUT2D eigenvalue weighted by molar-refractivity contribution is 5.40. The summed E-state index contributed by atoms with van der Waals surface area (Å²) in [4.78, 5) is 1.48. The molecule has 6 heteroatoms. The highest BCUT2D eigenvalue weighted by atomic mass is 16.5. The maximum absolute atomic E-state index is 5.74. The van der Waals surface area contributed by atoms with E-state index in [1.807, 2.05) is 13.0 Å². The van der Waals surface area contributed by atoms with Crippen LogP contribution in [-0.4, -0.2) is 26.8 Å². The summed E-state index contributed by atoms with van der Waals surface area (Å²) in [7, 11) is 0. The van der Waals surface area contributed by atoms with E-state index in [2.05, 4.69) is 35.3 Å². The van der Waals surface area contributed by atoms with Crippen molar-refractivity contribution in [3.63, 3.8) is 0 Å². The van der Waals surface area contributed by atoms with Crippen LogP contribution in [0, 0.1) is 20.8 Å². The van der Waals surface area contributed by atoms with Gasteiger partial charge in [0.25, 0.3) is 0 Å². The van der Waals surface area contributed by atoms with Gasteiger partial charge in [0, 0.05) is 6.54 Å². The first-order valence-electron chi connectivity index (χ1n) is 6.27. The topological polar surface area (TPSA) is 78.9 Å². The molecule has 0 saturated heterocycles. The number of nitrogens with zero attached hydrogens (tertiary/aromatic N) is 4. The summed E-state index contributed by atoms with van der Waals surface area (Å²) in [6, 6.07) is 4.15. The van der Waals surface area contributed by atoms with Crippen molar-refractivity contribution in [1.82, 2.24) is 20.2 Å². The molecule has 0 spiro atoms. The maximum atomic E-state index is 5.74. The van der Waals surface area contributed by atoms with Crippen molar-refractivity contribution < 1.29 is 4.74 Å². The van der Waals surface area contributed by atoms with E-state index in [1.165, 1.54) is 15.9 Å². The largest absolute Gasteiger partial charge is 0.485 e. The molecule has 0 aliphatic heterocycles. The van der Waals surface area contributed by atoms with Gasteiger partial charge in [0.2, 0.25) is 5.82 Å². The summed E-state index contributed by atoms with van der Waals surface area (Å²) < 4.78 is 5.74. The molecular weight excluding hydrogens is 242 g/mol. The van der Waals surface area contributed by atoms with E-state index in [0.717, 1.165) is 11.3 Å². The molecule has 0 unspecified atom stereocenters. The summed E-state index contributed by atoms with van der Waals surface area (Å²) in [6.45, 7) is 7.56. The van der Waals surface area contributed by atoms with Crippen molar-refractivity contribution in [2.24, 2.45) is 5.73 Å². The normalized spacial score (nSPS) is 10.7. The molecule has 1 heterocycles. The van der Waals surface area contributed by atoms with Crippen LogP contribution < -0.4 is 10.5 Å². The van der Waals surface area contributed by atoms with Gasteiger partial charge in [0.05, 0.1) is 6.54 Å². The monoisotopic (exact) mass is 261 g/mol. The molecule has 2 aromatic rings. The van der Waals surface area contributed by atoms with E-state index in [9.17, 15) is 0 Å². The highest BCUT2D eigenvalue weighted by Gasteiger charge is 2.06. The second kappa shape index (κ2) is 5.79. The van der Waals surface area contributed by atoms with Gasteiger partial charge in [0.15, 0.2) is 6.61 Å². The van der Waals surface area contributed by atoms with Gasteiger partial charge in [-0.25, -0.2) is 0 Å². The van der Waals surface area contributed by atoms with Crippen molar-refractivity contribution >= 4 is 0 Å². The molecule has 1 aromatic carbocycles. The van der Waals surface area contributed by atoms with Crippen LogP contribution in [0.5, 0.6) is 5.75 Å². The van der Waals surface area contributed by atoms with Crippen LogP contribution in [0.2, 0.25) is 0 Å². The van der Waals surface area contributed by atoms with Gasteiger partial charge in [0.1, 0.15) is 5.75 Å². The van der Waals surface area contributed by atoms with Gasteiger partial charge < -0.3 is 10.5 Å². The number of hydrogen-bond donors (Lipinski definition) is 1. The van der Waals surface area contributed by atoms with Crippen LogP contribution in [0.4, 0.5) is 0 Å². The Hall–Kier alpha value is -1.95. The van der Waals surface area contributed by atoms with Gasteiger partial charge in [-0.2, -0.15) is 4.80 Å². The van der Waals surface area contributed by atoms with Gasteiger partial charge in [-0.3, -0.25) is 0 Å². The van der Waals surface area contributed by atoms with Crippen molar-refractivity contribution in [3.8, 4) is 5.75 Å². The molecule has 0 saturated carbocycles. The van der Waals surface area contributed by atoms with Crippen LogP contribution in [0.25, 0.3) is 0 Å². The Morgan fingerprint density at radius 1 is 1.16 bits per heavy atom. The molecule has 0 fully saturated rings. The Bertz CT molecular complexity index is 564. The van der Waals surface area contributed by atoms with E-state index in [-0.39, 0.29) is 0 Å². The number of nitrogens with two attached hydrogens (primary N) is 1.